The zero-order valence-electron chi connectivity index (χ0n) is 13.0. The third-order valence-corrected chi connectivity index (χ3v) is 5.18. The summed E-state index contributed by atoms with van der Waals surface area (Å²) in [7, 11) is 0. The lowest BCUT2D eigenvalue weighted by atomic mass is 9.95. The molecule has 1 aromatic rings. The van der Waals surface area contributed by atoms with Gasteiger partial charge in [-0.2, -0.15) is 11.8 Å². The normalized spacial score (nSPS) is 25.1. The molecule has 0 aliphatic heterocycles. The minimum atomic E-state index is 0.205. The second-order valence-electron chi connectivity index (χ2n) is 6.13. The van der Waals surface area contributed by atoms with E-state index in [0.29, 0.717) is 17.2 Å². The number of rotatable bonds is 6. The minimum Gasteiger partial charge on any atom is -0.307 e. The van der Waals surface area contributed by atoms with Gasteiger partial charge in [0.1, 0.15) is 0 Å². The van der Waals surface area contributed by atoms with Crippen LogP contribution in [0.4, 0.5) is 0 Å². The molecule has 0 spiro atoms. The van der Waals surface area contributed by atoms with Crippen LogP contribution >= 0.6 is 11.8 Å². The number of nitrogens with one attached hydrogen (secondary N) is 1. The second-order valence-corrected chi connectivity index (χ2v) is 7.21. The number of hydrogen-bond acceptors (Lipinski definition) is 5. The summed E-state index contributed by atoms with van der Waals surface area (Å²) in [5, 5.41) is 16.7. The molecule has 1 aromatic heterocycles. The Morgan fingerprint density at radius 1 is 1.30 bits per heavy atom. The van der Waals surface area contributed by atoms with E-state index in [1.165, 1.54) is 25.7 Å². The molecule has 3 atom stereocenters. The highest BCUT2D eigenvalue weighted by Gasteiger charge is 2.30. The van der Waals surface area contributed by atoms with E-state index in [0.717, 1.165) is 12.4 Å². The van der Waals surface area contributed by atoms with Crippen LogP contribution in [0.2, 0.25) is 0 Å². The molecule has 20 heavy (non-hydrogen) atoms. The first-order valence-corrected chi connectivity index (χ1v) is 8.96. The Bertz CT molecular complexity index is 406. The minimum absolute atomic E-state index is 0.205. The molecule has 1 aliphatic carbocycles. The van der Waals surface area contributed by atoms with Gasteiger partial charge in [0.25, 0.3) is 0 Å². The van der Waals surface area contributed by atoms with Gasteiger partial charge in [-0.05, 0) is 48.9 Å². The van der Waals surface area contributed by atoms with Crippen molar-refractivity contribution in [3.05, 3.63) is 5.82 Å². The third-order valence-electron chi connectivity index (χ3n) is 4.02. The maximum atomic E-state index is 4.29. The molecular weight excluding hydrogens is 270 g/mol. The first-order valence-electron chi connectivity index (χ1n) is 7.67. The van der Waals surface area contributed by atoms with Crippen molar-refractivity contribution in [3.63, 3.8) is 0 Å². The number of aromatic nitrogens is 4. The molecule has 3 unspecified atom stereocenters. The Hall–Kier alpha value is -0.620. The molecule has 5 nitrogen and oxygen atoms in total. The highest BCUT2D eigenvalue weighted by atomic mass is 32.2. The van der Waals surface area contributed by atoms with Crippen molar-refractivity contribution < 1.29 is 0 Å². The van der Waals surface area contributed by atoms with Crippen molar-refractivity contribution in [1.29, 1.82) is 0 Å². The Morgan fingerprint density at radius 3 is 2.75 bits per heavy atom. The molecule has 6 heteroatoms. The fourth-order valence-electron chi connectivity index (χ4n) is 2.86. The lowest BCUT2D eigenvalue weighted by molar-refractivity contribution is 0.317. The summed E-state index contributed by atoms with van der Waals surface area (Å²) < 4.78 is 2.08. The van der Waals surface area contributed by atoms with E-state index < -0.39 is 0 Å². The van der Waals surface area contributed by atoms with Gasteiger partial charge in [-0.3, -0.25) is 0 Å². The van der Waals surface area contributed by atoms with Crippen LogP contribution in [0.5, 0.6) is 0 Å². The molecule has 2 rings (SSSR count). The number of thioether (sulfide) groups is 1. The van der Waals surface area contributed by atoms with E-state index in [1.54, 1.807) is 0 Å². The Kier molecular flexibility index (Phi) is 5.84. The molecule has 0 saturated heterocycles. The van der Waals surface area contributed by atoms with Crippen LogP contribution in [-0.4, -0.2) is 38.3 Å². The van der Waals surface area contributed by atoms with Crippen molar-refractivity contribution in [3.8, 4) is 0 Å². The summed E-state index contributed by atoms with van der Waals surface area (Å²) in [5.41, 5.74) is 0. The molecule has 1 fully saturated rings. The van der Waals surface area contributed by atoms with E-state index in [1.807, 2.05) is 11.8 Å². The quantitative estimate of drug-likeness (QED) is 0.875. The van der Waals surface area contributed by atoms with Gasteiger partial charge in [-0.25, -0.2) is 4.68 Å². The predicted octanol–water partition coefficient (Wildman–Crippen LogP) is 2.83. The maximum absolute atomic E-state index is 4.29. The molecule has 0 amide bonds. The molecule has 114 valence electrons. The van der Waals surface area contributed by atoms with Crippen LogP contribution < -0.4 is 5.32 Å². The average Bonchev–Trinajstić information content (AvgIpc) is 2.93. The van der Waals surface area contributed by atoms with E-state index in [4.69, 9.17) is 0 Å². The average molecular weight is 297 g/mol. The number of nitrogens with zero attached hydrogens (tertiary/aromatic N) is 4. The van der Waals surface area contributed by atoms with Crippen molar-refractivity contribution in [2.24, 2.45) is 5.92 Å². The van der Waals surface area contributed by atoms with Crippen molar-refractivity contribution >= 4 is 11.8 Å². The highest BCUT2D eigenvalue weighted by Crippen LogP contribution is 2.36. The summed E-state index contributed by atoms with van der Waals surface area (Å²) in [6.07, 6.45) is 7.29. The summed E-state index contributed by atoms with van der Waals surface area (Å²) >= 11 is 1.95. The lowest BCUT2D eigenvalue weighted by Crippen LogP contribution is -2.31. The van der Waals surface area contributed by atoms with E-state index in [9.17, 15) is 0 Å². The summed E-state index contributed by atoms with van der Waals surface area (Å²) in [6, 6.07) is 0.656. The van der Waals surface area contributed by atoms with E-state index in [-0.39, 0.29) is 6.04 Å². The largest absolute Gasteiger partial charge is 0.307 e. The van der Waals surface area contributed by atoms with Crippen LogP contribution in [0.3, 0.4) is 0 Å². The number of hydrogen-bond donors (Lipinski definition) is 1. The van der Waals surface area contributed by atoms with Crippen LogP contribution in [0.15, 0.2) is 0 Å². The molecule has 1 saturated carbocycles. The fraction of sp³-hybridized carbons (Fsp3) is 0.929. The van der Waals surface area contributed by atoms with Crippen LogP contribution in [0.1, 0.15) is 64.4 Å². The van der Waals surface area contributed by atoms with Crippen molar-refractivity contribution in [2.45, 2.75) is 63.8 Å². The van der Waals surface area contributed by atoms with Crippen LogP contribution in [0.25, 0.3) is 0 Å². The second kappa shape index (κ2) is 7.41. The van der Waals surface area contributed by atoms with Gasteiger partial charge >= 0.3 is 0 Å². The topological polar surface area (TPSA) is 55.6 Å². The zero-order chi connectivity index (χ0) is 14.5. The van der Waals surface area contributed by atoms with Crippen LogP contribution in [-0.2, 0) is 0 Å². The van der Waals surface area contributed by atoms with E-state index >= 15 is 0 Å². The Balaban J connectivity index is 2.10. The Morgan fingerprint density at radius 2 is 2.05 bits per heavy atom. The standard InChI is InChI=1S/C14H27N5S/c1-10(2)9-15-11(3)14-16-17-18-19(14)12-7-5-6-8-13(12)20-4/h10-13,15H,5-9H2,1-4H3. The van der Waals surface area contributed by atoms with Gasteiger partial charge in [0.15, 0.2) is 5.82 Å². The molecule has 1 N–H and O–H groups in total. The fourth-order valence-corrected chi connectivity index (χ4v) is 3.83. The Labute approximate surface area is 126 Å². The van der Waals surface area contributed by atoms with Crippen LogP contribution in [0, 0.1) is 5.92 Å². The van der Waals surface area contributed by atoms with E-state index in [2.05, 4.69) is 52.6 Å². The lowest BCUT2D eigenvalue weighted by Gasteiger charge is -2.31. The molecular formula is C14H27N5S. The first-order chi connectivity index (χ1) is 9.63. The first kappa shape index (κ1) is 15.8. The summed E-state index contributed by atoms with van der Waals surface area (Å²) in [6.45, 7) is 7.58. The smallest absolute Gasteiger partial charge is 0.168 e. The SMILES string of the molecule is CSC1CCCCC1n1nnnc1C(C)NCC(C)C. The van der Waals surface area contributed by atoms with Gasteiger partial charge in [-0.1, -0.05) is 26.7 Å². The van der Waals surface area contributed by atoms with Gasteiger partial charge in [0.2, 0.25) is 0 Å². The monoisotopic (exact) mass is 297 g/mol. The predicted molar refractivity (Wildman–Crippen MR) is 83.9 cm³/mol. The highest BCUT2D eigenvalue weighted by molar-refractivity contribution is 7.99. The number of tetrazole rings is 1. The molecule has 0 aromatic carbocycles. The maximum Gasteiger partial charge on any atom is 0.168 e. The summed E-state index contributed by atoms with van der Waals surface area (Å²) in [5.74, 6) is 1.62. The van der Waals surface area contributed by atoms with Gasteiger partial charge in [-0.15, -0.1) is 5.10 Å². The summed E-state index contributed by atoms with van der Waals surface area (Å²) in [4.78, 5) is 0. The molecule has 1 heterocycles. The molecule has 0 radical (unpaired) electrons. The van der Waals surface area contributed by atoms with Gasteiger partial charge < -0.3 is 5.32 Å². The molecule has 0 bridgehead atoms. The van der Waals surface area contributed by atoms with Gasteiger partial charge in [0, 0.05) is 5.25 Å². The van der Waals surface area contributed by atoms with Gasteiger partial charge in [0.05, 0.1) is 12.1 Å². The molecule has 1 aliphatic rings. The van der Waals surface area contributed by atoms with Crippen molar-refractivity contribution in [1.82, 2.24) is 25.5 Å². The zero-order valence-corrected chi connectivity index (χ0v) is 13.9. The third kappa shape index (κ3) is 3.73. The van der Waals surface area contributed by atoms with Crippen molar-refractivity contribution in [2.75, 3.05) is 12.8 Å².